The van der Waals surface area contributed by atoms with Crippen LogP contribution in [0.2, 0.25) is 0 Å². The zero-order valence-corrected chi connectivity index (χ0v) is 15.8. The Morgan fingerprint density at radius 1 is 1.39 bits per heavy atom. The van der Waals surface area contributed by atoms with E-state index in [4.69, 9.17) is 14.0 Å². The molecule has 4 aliphatic rings. The van der Waals surface area contributed by atoms with Crippen molar-refractivity contribution in [3.8, 4) is 0 Å². The van der Waals surface area contributed by atoms with Crippen molar-refractivity contribution in [1.82, 2.24) is 15.4 Å². The Morgan fingerprint density at radius 3 is 2.96 bits per heavy atom. The summed E-state index contributed by atoms with van der Waals surface area (Å²) in [4.78, 5) is 29.9. The van der Waals surface area contributed by atoms with Crippen LogP contribution in [0.15, 0.2) is 22.7 Å². The molecule has 0 unspecified atom stereocenters. The monoisotopic (exact) mass is 388 g/mol. The Hall–Kier alpha value is -2.23. The van der Waals surface area contributed by atoms with E-state index in [0.29, 0.717) is 24.7 Å². The largest absolute Gasteiger partial charge is 0.379 e. The highest BCUT2D eigenvalue weighted by molar-refractivity contribution is 6.02. The first kappa shape index (κ1) is 17.8. The Labute approximate surface area is 162 Å². The number of hydrogen-bond acceptors (Lipinski definition) is 7. The Bertz CT molecular complexity index is 817. The molecule has 9 nitrogen and oxygen atoms in total. The average Bonchev–Trinajstić information content (AvgIpc) is 3.44. The van der Waals surface area contributed by atoms with Crippen molar-refractivity contribution in [3.63, 3.8) is 0 Å². The second-order valence-corrected chi connectivity index (χ2v) is 7.87. The van der Waals surface area contributed by atoms with Crippen LogP contribution in [0.5, 0.6) is 0 Å². The summed E-state index contributed by atoms with van der Waals surface area (Å²) in [6.07, 6.45) is 3.50. The first-order chi connectivity index (χ1) is 13.6. The number of fused-ring (bicyclic) bond motifs is 1. The molecule has 3 fully saturated rings. The molecule has 2 amide bonds. The number of aromatic nitrogens is 1. The van der Waals surface area contributed by atoms with Gasteiger partial charge in [-0.25, -0.2) is 0 Å². The predicted octanol–water partition coefficient (Wildman–Crippen LogP) is -0.282. The molecule has 0 radical (unpaired) electrons. The summed E-state index contributed by atoms with van der Waals surface area (Å²) < 4.78 is 16.6. The average molecular weight is 388 g/mol. The smallest absolute Gasteiger partial charge is 0.235 e. The van der Waals surface area contributed by atoms with E-state index >= 15 is 0 Å². The minimum atomic E-state index is -0.749. The highest BCUT2D eigenvalue weighted by Gasteiger charge is 2.67. The third-order valence-electron chi connectivity index (χ3n) is 6.13. The van der Waals surface area contributed by atoms with Crippen molar-refractivity contribution < 1.29 is 23.6 Å². The first-order valence-electron chi connectivity index (χ1n) is 9.77. The summed E-state index contributed by atoms with van der Waals surface area (Å²) in [7, 11) is 0. The van der Waals surface area contributed by atoms with E-state index < -0.39 is 17.4 Å². The Morgan fingerprint density at radius 2 is 2.21 bits per heavy atom. The number of amides is 2. The standard InChI is InChI=1S/C19H24N4O5/c1-12-10-14(21-28-12)23-11-19-3-2-13(27-19)15(16(19)18(23)25)17(24)20-4-5-22-6-8-26-9-7-22/h2-3,10,13,15-16H,4-9,11H2,1H3,(H,20,24)/t13-,15-,16+,19+/m1/s1. The predicted molar refractivity (Wildman–Crippen MR) is 97.6 cm³/mol. The number of nitrogens with zero attached hydrogens (tertiary/aromatic N) is 3. The van der Waals surface area contributed by atoms with Crippen LogP contribution in [-0.2, 0) is 19.1 Å². The fourth-order valence-corrected chi connectivity index (χ4v) is 4.75. The molecule has 5 heterocycles. The van der Waals surface area contributed by atoms with Gasteiger partial charge in [0.15, 0.2) is 5.82 Å². The first-order valence-corrected chi connectivity index (χ1v) is 9.77. The third-order valence-corrected chi connectivity index (χ3v) is 6.13. The second-order valence-electron chi connectivity index (χ2n) is 7.87. The van der Waals surface area contributed by atoms with Crippen LogP contribution in [0.3, 0.4) is 0 Å². The van der Waals surface area contributed by atoms with Crippen molar-refractivity contribution >= 4 is 17.6 Å². The van der Waals surface area contributed by atoms with Gasteiger partial charge in [0.1, 0.15) is 11.4 Å². The van der Waals surface area contributed by atoms with Gasteiger partial charge in [-0.15, -0.1) is 0 Å². The third kappa shape index (κ3) is 2.76. The maximum atomic E-state index is 13.1. The molecule has 28 heavy (non-hydrogen) atoms. The zero-order chi connectivity index (χ0) is 19.3. The number of rotatable bonds is 5. The fraction of sp³-hybridized carbons (Fsp3) is 0.632. The number of carbonyl (C=O) groups excluding carboxylic acids is 2. The summed E-state index contributed by atoms with van der Waals surface area (Å²) in [6, 6.07) is 1.73. The topological polar surface area (TPSA) is 97.1 Å². The molecule has 150 valence electrons. The number of carbonyl (C=O) groups is 2. The molecule has 5 rings (SSSR count). The van der Waals surface area contributed by atoms with Gasteiger partial charge in [-0.05, 0) is 6.92 Å². The molecule has 2 bridgehead atoms. The van der Waals surface area contributed by atoms with Crippen molar-refractivity contribution in [2.45, 2.75) is 18.6 Å². The number of anilines is 1. The Kier molecular flexibility index (Phi) is 4.26. The van der Waals surface area contributed by atoms with E-state index in [2.05, 4.69) is 15.4 Å². The van der Waals surface area contributed by atoms with Crippen molar-refractivity contribution in [3.05, 3.63) is 24.0 Å². The minimum Gasteiger partial charge on any atom is -0.379 e. The van der Waals surface area contributed by atoms with Gasteiger partial charge in [0, 0.05) is 32.2 Å². The highest BCUT2D eigenvalue weighted by atomic mass is 16.5. The summed E-state index contributed by atoms with van der Waals surface area (Å²) in [5.74, 6) is -0.189. The molecule has 1 aromatic rings. The van der Waals surface area contributed by atoms with Crippen molar-refractivity contribution in [2.75, 3.05) is 50.8 Å². The summed E-state index contributed by atoms with van der Waals surface area (Å²) in [5.41, 5.74) is -0.749. The SMILES string of the molecule is Cc1cc(N2C[C@]34C=C[C@@H](O3)[C@@H](C(=O)NCCN3CCOCC3)[C@H]4C2=O)no1. The van der Waals surface area contributed by atoms with Gasteiger partial charge in [0.2, 0.25) is 11.8 Å². The normalized spacial score (nSPS) is 34.2. The number of aryl methyl sites for hydroxylation is 1. The molecule has 0 aromatic carbocycles. The van der Waals surface area contributed by atoms with E-state index in [9.17, 15) is 9.59 Å². The molecule has 1 spiro atoms. The van der Waals surface area contributed by atoms with Crippen molar-refractivity contribution in [1.29, 1.82) is 0 Å². The van der Waals surface area contributed by atoms with Gasteiger partial charge < -0.3 is 19.3 Å². The molecule has 0 saturated carbocycles. The molecular formula is C19H24N4O5. The lowest BCUT2D eigenvalue weighted by molar-refractivity contribution is -0.132. The van der Waals surface area contributed by atoms with Gasteiger partial charge in [0.25, 0.3) is 0 Å². The van der Waals surface area contributed by atoms with Crippen LogP contribution in [0.1, 0.15) is 5.76 Å². The van der Waals surface area contributed by atoms with E-state index in [1.54, 1.807) is 17.9 Å². The van der Waals surface area contributed by atoms with Crippen LogP contribution in [0.25, 0.3) is 0 Å². The quantitative estimate of drug-likeness (QED) is 0.693. The van der Waals surface area contributed by atoms with E-state index in [1.807, 2.05) is 12.2 Å². The number of morpholine rings is 1. The molecular weight excluding hydrogens is 364 g/mol. The van der Waals surface area contributed by atoms with E-state index in [1.165, 1.54) is 0 Å². The summed E-state index contributed by atoms with van der Waals surface area (Å²) in [6.45, 7) is 6.68. The van der Waals surface area contributed by atoms with Crippen LogP contribution < -0.4 is 10.2 Å². The maximum absolute atomic E-state index is 13.1. The van der Waals surface area contributed by atoms with Crippen molar-refractivity contribution in [2.24, 2.45) is 11.8 Å². The van der Waals surface area contributed by atoms with Gasteiger partial charge in [-0.1, -0.05) is 17.3 Å². The van der Waals surface area contributed by atoms with Crippen LogP contribution in [0, 0.1) is 18.8 Å². The molecule has 3 saturated heterocycles. The number of nitrogens with one attached hydrogen (secondary N) is 1. The lowest BCUT2D eigenvalue weighted by Gasteiger charge is -2.27. The van der Waals surface area contributed by atoms with Gasteiger partial charge >= 0.3 is 0 Å². The zero-order valence-electron chi connectivity index (χ0n) is 15.8. The second kappa shape index (κ2) is 6.68. The lowest BCUT2D eigenvalue weighted by Crippen LogP contribution is -2.46. The van der Waals surface area contributed by atoms with Gasteiger partial charge in [-0.2, -0.15) is 0 Å². The number of ether oxygens (including phenoxy) is 2. The van der Waals surface area contributed by atoms with Gasteiger partial charge in [-0.3, -0.25) is 19.4 Å². The van der Waals surface area contributed by atoms with Gasteiger partial charge in [0.05, 0.1) is 37.7 Å². The fourth-order valence-electron chi connectivity index (χ4n) is 4.75. The van der Waals surface area contributed by atoms with Crippen LogP contribution in [-0.4, -0.2) is 79.5 Å². The van der Waals surface area contributed by atoms with Crippen LogP contribution in [0.4, 0.5) is 5.82 Å². The Balaban J connectivity index is 1.27. The minimum absolute atomic E-state index is 0.124. The molecule has 4 aliphatic heterocycles. The van der Waals surface area contributed by atoms with Crippen LogP contribution >= 0.6 is 0 Å². The molecule has 4 atom stereocenters. The van der Waals surface area contributed by atoms with E-state index in [0.717, 1.165) is 32.8 Å². The molecule has 1 N–H and O–H groups in total. The molecule has 1 aromatic heterocycles. The highest BCUT2D eigenvalue weighted by Crippen LogP contribution is 2.52. The number of hydrogen-bond donors (Lipinski definition) is 1. The summed E-state index contributed by atoms with van der Waals surface area (Å²) >= 11 is 0. The molecule has 9 heteroatoms. The molecule has 0 aliphatic carbocycles. The summed E-state index contributed by atoms with van der Waals surface area (Å²) in [5, 5.41) is 6.97. The lowest BCUT2D eigenvalue weighted by atomic mass is 9.77. The maximum Gasteiger partial charge on any atom is 0.235 e. The van der Waals surface area contributed by atoms with E-state index in [-0.39, 0.29) is 17.9 Å².